The Labute approximate surface area is 90.8 Å². The Bertz CT molecular complexity index is 144. The monoisotopic (exact) mass is 196 g/mol. The third kappa shape index (κ3) is 5.47. The topological polar surface area (TPSA) is 0 Å². The van der Waals surface area contributed by atoms with Gasteiger partial charge < -0.3 is 0 Å². The number of hydrogen-bond donors (Lipinski definition) is 0. The summed E-state index contributed by atoms with van der Waals surface area (Å²) in [7, 11) is 0. The van der Waals surface area contributed by atoms with Gasteiger partial charge in [0.05, 0.1) is 0 Å². The van der Waals surface area contributed by atoms with Gasteiger partial charge in [-0.3, -0.25) is 0 Å². The Kier molecular flexibility index (Phi) is 7.93. The lowest BCUT2D eigenvalue weighted by Crippen LogP contribution is -2.12. The van der Waals surface area contributed by atoms with Crippen molar-refractivity contribution in [3.8, 4) is 0 Å². The smallest absolute Gasteiger partial charge is 0.0208 e. The largest absolute Gasteiger partial charge is 0.0914 e. The van der Waals surface area contributed by atoms with E-state index in [-0.39, 0.29) is 0 Å². The highest BCUT2D eigenvalue weighted by Gasteiger charge is 2.15. The minimum Gasteiger partial charge on any atom is -0.0914 e. The molecule has 0 nitrogen and oxygen atoms in total. The first-order chi connectivity index (χ1) is 6.65. The van der Waals surface area contributed by atoms with Gasteiger partial charge in [0.15, 0.2) is 0 Å². The molecule has 0 aromatic heterocycles. The van der Waals surface area contributed by atoms with Crippen LogP contribution >= 0.6 is 0 Å². The van der Waals surface area contributed by atoms with E-state index in [1.54, 1.807) is 0 Å². The summed E-state index contributed by atoms with van der Waals surface area (Å²) in [5.74, 6) is 2.51. The van der Waals surface area contributed by atoms with Crippen LogP contribution in [0.25, 0.3) is 0 Å². The van der Waals surface area contributed by atoms with Gasteiger partial charge in [0.1, 0.15) is 0 Å². The molecule has 0 aliphatic heterocycles. The molecular weight excluding hydrogens is 168 g/mol. The van der Waals surface area contributed by atoms with Crippen LogP contribution in [0.3, 0.4) is 0 Å². The third-order valence-electron chi connectivity index (χ3n) is 3.18. The van der Waals surface area contributed by atoms with Gasteiger partial charge in [-0.2, -0.15) is 0 Å². The summed E-state index contributed by atoms with van der Waals surface area (Å²) in [4.78, 5) is 0. The molecule has 0 aromatic carbocycles. The van der Waals surface area contributed by atoms with Crippen molar-refractivity contribution in [2.24, 2.45) is 17.8 Å². The summed E-state index contributed by atoms with van der Waals surface area (Å²) in [6.07, 6.45) is 10.1. The lowest BCUT2D eigenvalue weighted by molar-refractivity contribution is 0.326. The summed E-state index contributed by atoms with van der Waals surface area (Å²) in [5.41, 5.74) is 0. The van der Waals surface area contributed by atoms with E-state index in [2.05, 4.69) is 46.8 Å². The fourth-order valence-corrected chi connectivity index (χ4v) is 2.10. The molecule has 0 N–H and O–H groups in total. The van der Waals surface area contributed by atoms with Crippen molar-refractivity contribution < 1.29 is 0 Å². The van der Waals surface area contributed by atoms with Crippen LogP contribution in [0, 0.1) is 17.8 Å². The molecule has 0 aliphatic rings. The second-order valence-corrected chi connectivity index (χ2v) is 4.73. The van der Waals surface area contributed by atoms with Crippen molar-refractivity contribution in [2.75, 3.05) is 0 Å². The molecule has 0 aromatic rings. The molecule has 0 rings (SSSR count). The van der Waals surface area contributed by atoms with Gasteiger partial charge in [-0.25, -0.2) is 0 Å². The van der Waals surface area contributed by atoms with Gasteiger partial charge in [0.2, 0.25) is 0 Å². The predicted molar refractivity (Wildman–Crippen MR) is 66.4 cm³/mol. The molecule has 0 saturated carbocycles. The number of hydrogen-bond acceptors (Lipinski definition) is 0. The molecule has 0 radical (unpaired) electrons. The molecule has 0 spiro atoms. The molecule has 14 heavy (non-hydrogen) atoms. The van der Waals surface area contributed by atoms with Crippen LogP contribution in [-0.4, -0.2) is 0 Å². The zero-order valence-electron chi connectivity index (χ0n) is 10.7. The Morgan fingerprint density at radius 3 is 2.14 bits per heavy atom. The van der Waals surface area contributed by atoms with Crippen LogP contribution in [0.1, 0.15) is 60.3 Å². The van der Waals surface area contributed by atoms with E-state index in [0.29, 0.717) is 0 Å². The molecule has 2 atom stereocenters. The van der Waals surface area contributed by atoms with Crippen LogP contribution in [0.2, 0.25) is 0 Å². The molecule has 0 bridgehead atoms. The molecule has 84 valence electrons. The third-order valence-corrected chi connectivity index (χ3v) is 3.18. The first kappa shape index (κ1) is 13.7. The van der Waals surface area contributed by atoms with Crippen LogP contribution in [0.15, 0.2) is 12.2 Å². The SMILES string of the molecule is C/C=C/[C@H](CC(CC)CCC)C(C)C. The number of rotatable bonds is 7. The summed E-state index contributed by atoms with van der Waals surface area (Å²) in [5, 5.41) is 0. The lowest BCUT2D eigenvalue weighted by atomic mass is 9.83. The first-order valence-electron chi connectivity index (χ1n) is 6.28. The van der Waals surface area contributed by atoms with Crippen molar-refractivity contribution in [1.82, 2.24) is 0 Å². The van der Waals surface area contributed by atoms with E-state index >= 15 is 0 Å². The molecule has 0 aliphatic carbocycles. The van der Waals surface area contributed by atoms with E-state index in [1.165, 1.54) is 25.7 Å². The van der Waals surface area contributed by atoms with E-state index < -0.39 is 0 Å². The Hall–Kier alpha value is -0.260. The van der Waals surface area contributed by atoms with Crippen molar-refractivity contribution in [3.05, 3.63) is 12.2 Å². The average molecular weight is 196 g/mol. The van der Waals surface area contributed by atoms with Crippen molar-refractivity contribution >= 4 is 0 Å². The maximum absolute atomic E-state index is 2.39. The minimum absolute atomic E-state index is 0.788. The van der Waals surface area contributed by atoms with Crippen molar-refractivity contribution in [2.45, 2.75) is 60.3 Å². The van der Waals surface area contributed by atoms with Crippen molar-refractivity contribution in [3.63, 3.8) is 0 Å². The molecule has 0 saturated heterocycles. The molecule has 0 heterocycles. The van der Waals surface area contributed by atoms with Gasteiger partial charge in [-0.05, 0) is 31.1 Å². The molecular formula is C14H28. The number of allylic oxidation sites excluding steroid dienone is 2. The Balaban J connectivity index is 4.11. The predicted octanol–water partition coefficient (Wildman–Crippen LogP) is 5.05. The van der Waals surface area contributed by atoms with Crippen molar-refractivity contribution in [1.29, 1.82) is 0 Å². The van der Waals surface area contributed by atoms with Crippen LogP contribution in [0.4, 0.5) is 0 Å². The first-order valence-corrected chi connectivity index (χ1v) is 6.28. The maximum atomic E-state index is 2.39. The highest BCUT2D eigenvalue weighted by molar-refractivity contribution is 4.88. The van der Waals surface area contributed by atoms with Gasteiger partial charge >= 0.3 is 0 Å². The van der Waals surface area contributed by atoms with Crippen LogP contribution in [0.5, 0.6) is 0 Å². The van der Waals surface area contributed by atoms with Gasteiger partial charge in [0, 0.05) is 0 Å². The minimum atomic E-state index is 0.788. The van der Waals surface area contributed by atoms with Crippen LogP contribution in [-0.2, 0) is 0 Å². The quantitative estimate of drug-likeness (QED) is 0.500. The van der Waals surface area contributed by atoms with Gasteiger partial charge in [-0.15, -0.1) is 0 Å². The highest BCUT2D eigenvalue weighted by atomic mass is 14.2. The average Bonchev–Trinajstić information content (AvgIpc) is 2.15. The van der Waals surface area contributed by atoms with E-state index in [1.807, 2.05) is 0 Å². The second-order valence-electron chi connectivity index (χ2n) is 4.73. The fraction of sp³-hybridized carbons (Fsp3) is 0.857. The second kappa shape index (κ2) is 8.08. The fourth-order valence-electron chi connectivity index (χ4n) is 2.10. The van der Waals surface area contributed by atoms with E-state index in [9.17, 15) is 0 Å². The van der Waals surface area contributed by atoms with Gasteiger partial charge in [0.25, 0.3) is 0 Å². The highest BCUT2D eigenvalue weighted by Crippen LogP contribution is 2.26. The zero-order valence-corrected chi connectivity index (χ0v) is 10.7. The Morgan fingerprint density at radius 1 is 1.14 bits per heavy atom. The maximum Gasteiger partial charge on any atom is -0.0208 e. The molecule has 0 heteroatoms. The van der Waals surface area contributed by atoms with E-state index in [0.717, 1.165) is 17.8 Å². The van der Waals surface area contributed by atoms with Crippen LogP contribution < -0.4 is 0 Å². The lowest BCUT2D eigenvalue weighted by Gasteiger charge is -2.22. The Morgan fingerprint density at radius 2 is 1.79 bits per heavy atom. The summed E-state index contributed by atoms with van der Waals surface area (Å²) < 4.78 is 0. The standard InChI is InChI=1S/C14H28/c1-6-9-13(8-3)11-14(10-7-2)12(4)5/h7,10,12-14H,6,8-9,11H2,1-5H3/b10-7+/t13?,14-/m1/s1. The molecule has 0 fully saturated rings. The summed E-state index contributed by atoms with van der Waals surface area (Å²) in [6, 6.07) is 0. The molecule has 0 amide bonds. The normalized spacial score (nSPS) is 16.4. The summed E-state index contributed by atoms with van der Waals surface area (Å²) >= 11 is 0. The zero-order chi connectivity index (χ0) is 11.0. The van der Waals surface area contributed by atoms with Gasteiger partial charge in [-0.1, -0.05) is 59.1 Å². The van der Waals surface area contributed by atoms with E-state index in [4.69, 9.17) is 0 Å². The molecule has 1 unspecified atom stereocenters. The summed E-state index contributed by atoms with van der Waals surface area (Å²) in [6.45, 7) is 11.4.